The fraction of sp³-hybridized carbons (Fsp3) is 0.0435. The van der Waals surface area contributed by atoms with E-state index in [1.165, 1.54) is 0 Å². The summed E-state index contributed by atoms with van der Waals surface area (Å²) in [5, 5.41) is 15.4. The van der Waals surface area contributed by atoms with Crippen molar-refractivity contribution >= 4 is 28.2 Å². The minimum atomic E-state index is 0.0706. The molecule has 5 rings (SSSR count). The molecule has 7 nitrogen and oxygen atoms in total. The second-order valence-electron chi connectivity index (χ2n) is 6.72. The Morgan fingerprint density at radius 3 is 2.80 bits per heavy atom. The molecule has 0 atom stereocenters. The van der Waals surface area contributed by atoms with Crippen molar-refractivity contribution in [1.29, 1.82) is 0 Å². The molecule has 0 aliphatic carbocycles. The Balaban J connectivity index is 1.41. The van der Waals surface area contributed by atoms with E-state index in [0.717, 1.165) is 33.2 Å². The van der Waals surface area contributed by atoms with Gasteiger partial charge in [-0.2, -0.15) is 0 Å². The first kappa shape index (κ1) is 17.8. The third-order valence-corrected chi connectivity index (χ3v) is 4.73. The van der Waals surface area contributed by atoms with Crippen molar-refractivity contribution in [1.82, 2.24) is 19.9 Å². The summed E-state index contributed by atoms with van der Waals surface area (Å²) in [5.41, 5.74) is 5.35. The van der Waals surface area contributed by atoms with Crippen molar-refractivity contribution < 1.29 is 9.94 Å². The predicted octanol–water partition coefficient (Wildman–Crippen LogP) is 4.43. The second kappa shape index (κ2) is 7.63. The molecule has 0 amide bonds. The first-order valence-corrected chi connectivity index (χ1v) is 9.40. The van der Waals surface area contributed by atoms with Gasteiger partial charge in [-0.1, -0.05) is 23.4 Å². The molecule has 7 heteroatoms. The summed E-state index contributed by atoms with van der Waals surface area (Å²) in [4.78, 5) is 21.4. The first-order chi connectivity index (χ1) is 14.8. The van der Waals surface area contributed by atoms with Crippen LogP contribution in [0.5, 0.6) is 5.88 Å². The summed E-state index contributed by atoms with van der Waals surface area (Å²) in [7, 11) is 0. The van der Waals surface area contributed by atoms with Crippen molar-refractivity contribution in [2.45, 2.75) is 6.61 Å². The van der Waals surface area contributed by atoms with E-state index in [1.807, 2.05) is 60.7 Å². The minimum Gasteiger partial charge on any atom is -0.494 e. The summed E-state index contributed by atoms with van der Waals surface area (Å²) in [5.74, 6) is 0.0706. The fourth-order valence-electron chi connectivity index (χ4n) is 3.32. The van der Waals surface area contributed by atoms with E-state index in [2.05, 4.69) is 25.1 Å². The Hall–Kier alpha value is -4.26. The lowest BCUT2D eigenvalue weighted by Crippen LogP contribution is -1.91. The highest BCUT2D eigenvalue weighted by Gasteiger charge is 2.15. The molecule has 0 aliphatic heterocycles. The van der Waals surface area contributed by atoms with Crippen LogP contribution in [0.15, 0.2) is 78.2 Å². The number of aromatic amines is 1. The van der Waals surface area contributed by atoms with Gasteiger partial charge in [-0.3, -0.25) is 9.97 Å². The summed E-state index contributed by atoms with van der Waals surface area (Å²) < 4.78 is 0. The lowest BCUT2D eigenvalue weighted by Gasteiger charge is -2.03. The standard InChI is InChI=1S/C23H17N5O2/c29-23-22(20-9-8-18-19(27-20)5-3-11-25-18)17-7-6-15(12-21(17)28-23)13-26-30-14-16-4-1-2-10-24-16/h1-13,28-29H,14H2/b26-13+. The Kier molecular flexibility index (Phi) is 4.53. The molecule has 5 aromatic rings. The van der Waals surface area contributed by atoms with Gasteiger partial charge in [-0.05, 0) is 48.0 Å². The molecule has 0 bridgehead atoms. The van der Waals surface area contributed by atoms with Gasteiger partial charge in [0.25, 0.3) is 0 Å². The number of hydrogen-bond donors (Lipinski definition) is 2. The Bertz CT molecular complexity index is 1360. The average molecular weight is 395 g/mol. The van der Waals surface area contributed by atoms with Crippen molar-refractivity contribution in [3.8, 4) is 17.1 Å². The molecule has 30 heavy (non-hydrogen) atoms. The third-order valence-electron chi connectivity index (χ3n) is 4.73. The van der Waals surface area contributed by atoms with E-state index >= 15 is 0 Å². The van der Waals surface area contributed by atoms with Crippen LogP contribution in [0, 0.1) is 0 Å². The monoisotopic (exact) mass is 395 g/mol. The van der Waals surface area contributed by atoms with Crippen LogP contribution in [-0.4, -0.2) is 31.3 Å². The highest BCUT2D eigenvalue weighted by Crippen LogP contribution is 2.36. The lowest BCUT2D eigenvalue weighted by atomic mass is 10.1. The molecule has 0 fully saturated rings. The number of fused-ring (bicyclic) bond motifs is 2. The molecule has 0 radical (unpaired) electrons. The number of aromatic hydroxyl groups is 1. The molecule has 0 saturated carbocycles. The molecule has 0 saturated heterocycles. The largest absolute Gasteiger partial charge is 0.494 e. The van der Waals surface area contributed by atoms with Crippen LogP contribution in [0.25, 0.3) is 33.2 Å². The van der Waals surface area contributed by atoms with Crippen LogP contribution in [-0.2, 0) is 11.4 Å². The maximum absolute atomic E-state index is 10.5. The zero-order valence-corrected chi connectivity index (χ0v) is 15.9. The normalized spacial score (nSPS) is 11.5. The Morgan fingerprint density at radius 2 is 1.90 bits per heavy atom. The number of pyridine rings is 3. The van der Waals surface area contributed by atoms with Gasteiger partial charge in [0.2, 0.25) is 0 Å². The number of H-pyrrole nitrogens is 1. The zero-order chi connectivity index (χ0) is 20.3. The van der Waals surface area contributed by atoms with Gasteiger partial charge in [0.05, 0.1) is 34.2 Å². The van der Waals surface area contributed by atoms with E-state index in [0.29, 0.717) is 17.9 Å². The molecule has 1 aromatic carbocycles. The quantitative estimate of drug-likeness (QED) is 0.339. The summed E-state index contributed by atoms with van der Waals surface area (Å²) in [6.45, 7) is 0.301. The SMILES string of the molecule is Oc1[nH]c2cc(/C=N/OCc3ccccn3)ccc2c1-c1ccc2ncccc2n1. The number of hydrogen-bond acceptors (Lipinski definition) is 6. The maximum atomic E-state index is 10.5. The predicted molar refractivity (Wildman–Crippen MR) is 115 cm³/mol. The van der Waals surface area contributed by atoms with Crippen LogP contribution in [0.4, 0.5) is 0 Å². The van der Waals surface area contributed by atoms with Crippen molar-refractivity contribution in [2.24, 2.45) is 5.16 Å². The Labute approximate surface area is 171 Å². The van der Waals surface area contributed by atoms with Crippen LogP contribution in [0.2, 0.25) is 0 Å². The molecule has 2 N–H and O–H groups in total. The van der Waals surface area contributed by atoms with Crippen molar-refractivity contribution in [3.05, 3.63) is 84.3 Å². The van der Waals surface area contributed by atoms with E-state index in [1.54, 1.807) is 18.6 Å². The van der Waals surface area contributed by atoms with Crippen LogP contribution < -0.4 is 0 Å². The van der Waals surface area contributed by atoms with E-state index < -0.39 is 0 Å². The molecule has 0 aliphatic rings. The number of nitrogens with zero attached hydrogens (tertiary/aromatic N) is 4. The fourth-order valence-corrected chi connectivity index (χ4v) is 3.32. The van der Waals surface area contributed by atoms with E-state index in [-0.39, 0.29) is 5.88 Å². The molecule has 0 spiro atoms. The van der Waals surface area contributed by atoms with Crippen LogP contribution >= 0.6 is 0 Å². The van der Waals surface area contributed by atoms with Gasteiger partial charge in [-0.25, -0.2) is 4.98 Å². The lowest BCUT2D eigenvalue weighted by molar-refractivity contribution is 0.129. The highest BCUT2D eigenvalue weighted by atomic mass is 16.6. The van der Waals surface area contributed by atoms with Gasteiger partial charge in [0.15, 0.2) is 12.5 Å². The molecule has 4 aromatic heterocycles. The van der Waals surface area contributed by atoms with Crippen molar-refractivity contribution in [3.63, 3.8) is 0 Å². The third kappa shape index (κ3) is 3.44. The van der Waals surface area contributed by atoms with Gasteiger partial charge in [0, 0.05) is 23.3 Å². The molecular formula is C23H17N5O2. The number of aromatic nitrogens is 4. The number of nitrogens with one attached hydrogen (secondary N) is 1. The van der Waals surface area contributed by atoms with Gasteiger partial charge >= 0.3 is 0 Å². The summed E-state index contributed by atoms with van der Waals surface area (Å²) >= 11 is 0. The smallest absolute Gasteiger partial charge is 0.199 e. The van der Waals surface area contributed by atoms with E-state index in [9.17, 15) is 5.11 Å². The average Bonchev–Trinajstić information content (AvgIpc) is 3.12. The number of oxime groups is 1. The molecular weight excluding hydrogens is 378 g/mol. The van der Waals surface area contributed by atoms with Crippen molar-refractivity contribution in [2.75, 3.05) is 0 Å². The second-order valence-corrected chi connectivity index (χ2v) is 6.72. The summed E-state index contributed by atoms with van der Waals surface area (Å²) in [6, 6.07) is 18.9. The molecule has 0 unspecified atom stereocenters. The topological polar surface area (TPSA) is 96.3 Å². The highest BCUT2D eigenvalue weighted by molar-refractivity contribution is 6.01. The molecule has 4 heterocycles. The first-order valence-electron chi connectivity index (χ1n) is 9.40. The van der Waals surface area contributed by atoms with E-state index in [4.69, 9.17) is 4.84 Å². The minimum absolute atomic E-state index is 0.0706. The summed E-state index contributed by atoms with van der Waals surface area (Å²) in [6.07, 6.45) is 5.07. The molecule has 146 valence electrons. The van der Waals surface area contributed by atoms with Gasteiger partial charge in [-0.15, -0.1) is 0 Å². The maximum Gasteiger partial charge on any atom is 0.199 e. The zero-order valence-electron chi connectivity index (χ0n) is 15.9. The van der Waals surface area contributed by atoms with Gasteiger partial charge < -0.3 is 14.9 Å². The number of benzene rings is 1. The Morgan fingerprint density at radius 1 is 0.967 bits per heavy atom. The van der Waals surface area contributed by atoms with Crippen LogP contribution in [0.1, 0.15) is 11.3 Å². The number of rotatable bonds is 5. The van der Waals surface area contributed by atoms with Gasteiger partial charge in [0.1, 0.15) is 0 Å². The van der Waals surface area contributed by atoms with Crippen LogP contribution in [0.3, 0.4) is 0 Å².